The van der Waals surface area contributed by atoms with Crippen molar-refractivity contribution in [2.45, 2.75) is 18.6 Å². The maximum atomic E-state index is 10.1. The maximum Gasteiger partial charge on any atom is 0.0932 e. The normalized spacial score (nSPS) is 22.4. The molecule has 0 aliphatic carbocycles. The predicted molar refractivity (Wildman–Crippen MR) is 74.3 cm³/mol. The Balaban J connectivity index is 1.81. The van der Waals surface area contributed by atoms with E-state index in [0.29, 0.717) is 18.1 Å². The van der Waals surface area contributed by atoms with Crippen LogP contribution < -0.4 is 0 Å². The van der Waals surface area contributed by atoms with Gasteiger partial charge in [0.15, 0.2) is 0 Å². The third-order valence-corrected chi connectivity index (χ3v) is 3.61. The van der Waals surface area contributed by atoms with Gasteiger partial charge in [-0.25, -0.2) is 0 Å². The van der Waals surface area contributed by atoms with Crippen LogP contribution in [0.1, 0.15) is 18.1 Å². The lowest BCUT2D eigenvalue weighted by molar-refractivity contribution is -0.0551. The van der Waals surface area contributed by atoms with Crippen molar-refractivity contribution >= 4 is 11.6 Å². The molecule has 2 atom stereocenters. The number of rotatable bonds is 5. The van der Waals surface area contributed by atoms with E-state index in [1.807, 2.05) is 12.1 Å². The van der Waals surface area contributed by atoms with Crippen LogP contribution in [0.3, 0.4) is 0 Å². The SMILES string of the molecule is OCC1CN(CCC(O)c2cccc(Cl)c2)CCO1. The average Bonchev–Trinajstić information content (AvgIpc) is 2.45. The zero-order chi connectivity index (χ0) is 13.7. The van der Waals surface area contributed by atoms with Gasteiger partial charge in [0, 0.05) is 24.7 Å². The Morgan fingerprint density at radius 1 is 1.47 bits per heavy atom. The summed E-state index contributed by atoms with van der Waals surface area (Å²) in [6.07, 6.45) is 0.0459. The van der Waals surface area contributed by atoms with Gasteiger partial charge in [-0.1, -0.05) is 23.7 Å². The fraction of sp³-hybridized carbons (Fsp3) is 0.571. The van der Waals surface area contributed by atoms with E-state index in [0.717, 1.165) is 25.2 Å². The molecule has 0 aromatic heterocycles. The summed E-state index contributed by atoms with van der Waals surface area (Å²) in [5, 5.41) is 19.9. The molecule has 1 aromatic rings. The number of benzene rings is 1. The highest BCUT2D eigenvalue weighted by molar-refractivity contribution is 6.30. The number of halogens is 1. The Kier molecular flexibility index (Phi) is 5.60. The largest absolute Gasteiger partial charge is 0.394 e. The molecule has 0 amide bonds. The minimum absolute atomic E-state index is 0.0490. The minimum atomic E-state index is -0.505. The van der Waals surface area contributed by atoms with Gasteiger partial charge in [0.1, 0.15) is 0 Å². The van der Waals surface area contributed by atoms with Gasteiger partial charge in [-0.3, -0.25) is 4.90 Å². The minimum Gasteiger partial charge on any atom is -0.394 e. The number of hydrogen-bond acceptors (Lipinski definition) is 4. The molecule has 2 unspecified atom stereocenters. The molecule has 2 N–H and O–H groups in total. The molecule has 0 radical (unpaired) electrons. The van der Waals surface area contributed by atoms with Crippen molar-refractivity contribution in [2.75, 3.05) is 32.8 Å². The van der Waals surface area contributed by atoms with Crippen molar-refractivity contribution in [3.63, 3.8) is 0 Å². The highest BCUT2D eigenvalue weighted by Gasteiger charge is 2.20. The average molecular weight is 286 g/mol. The van der Waals surface area contributed by atoms with Crippen LogP contribution >= 0.6 is 11.6 Å². The highest BCUT2D eigenvalue weighted by Crippen LogP contribution is 2.21. The molecule has 2 rings (SSSR count). The van der Waals surface area contributed by atoms with Gasteiger partial charge in [-0.2, -0.15) is 0 Å². The summed E-state index contributed by atoms with van der Waals surface area (Å²) in [4.78, 5) is 2.21. The molecule has 19 heavy (non-hydrogen) atoms. The molecule has 0 saturated carbocycles. The Hall–Kier alpha value is -0.650. The molecule has 1 heterocycles. The molecule has 1 aliphatic rings. The first-order valence-electron chi connectivity index (χ1n) is 6.57. The smallest absolute Gasteiger partial charge is 0.0932 e. The lowest BCUT2D eigenvalue weighted by Crippen LogP contribution is -2.44. The monoisotopic (exact) mass is 285 g/mol. The third kappa shape index (κ3) is 4.44. The van der Waals surface area contributed by atoms with Crippen molar-refractivity contribution in [2.24, 2.45) is 0 Å². The maximum absolute atomic E-state index is 10.1. The molecule has 1 saturated heterocycles. The summed E-state index contributed by atoms with van der Waals surface area (Å²) in [7, 11) is 0. The lowest BCUT2D eigenvalue weighted by atomic mass is 10.1. The fourth-order valence-electron chi connectivity index (χ4n) is 2.28. The number of ether oxygens (including phenoxy) is 1. The second kappa shape index (κ2) is 7.22. The van der Waals surface area contributed by atoms with Crippen molar-refractivity contribution in [3.8, 4) is 0 Å². The summed E-state index contributed by atoms with van der Waals surface area (Å²) in [6, 6.07) is 7.32. The predicted octanol–water partition coefficient (Wildman–Crippen LogP) is 1.46. The van der Waals surface area contributed by atoms with Crippen molar-refractivity contribution in [1.29, 1.82) is 0 Å². The van der Waals surface area contributed by atoms with Crippen molar-refractivity contribution < 1.29 is 14.9 Å². The summed E-state index contributed by atoms with van der Waals surface area (Å²) >= 11 is 5.91. The Labute approximate surface area is 118 Å². The zero-order valence-corrected chi connectivity index (χ0v) is 11.6. The topological polar surface area (TPSA) is 52.9 Å². The van der Waals surface area contributed by atoms with E-state index in [9.17, 15) is 5.11 Å². The fourth-order valence-corrected chi connectivity index (χ4v) is 2.48. The molecule has 0 spiro atoms. The first kappa shape index (κ1) is 14.8. The van der Waals surface area contributed by atoms with E-state index in [1.54, 1.807) is 12.1 Å². The molecule has 1 aliphatic heterocycles. The second-order valence-corrected chi connectivity index (χ2v) is 5.27. The van der Waals surface area contributed by atoms with Gasteiger partial charge >= 0.3 is 0 Å². The van der Waals surface area contributed by atoms with E-state index in [-0.39, 0.29) is 12.7 Å². The number of nitrogens with zero attached hydrogens (tertiary/aromatic N) is 1. The highest BCUT2D eigenvalue weighted by atomic mass is 35.5. The van der Waals surface area contributed by atoms with E-state index in [4.69, 9.17) is 21.4 Å². The van der Waals surface area contributed by atoms with Crippen LogP contribution in [0.5, 0.6) is 0 Å². The summed E-state index contributed by atoms with van der Waals surface area (Å²) in [6.45, 7) is 3.04. The molecular formula is C14H20ClNO3. The van der Waals surface area contributed by atoms with Crippen LogP contribution in [0.2, 0.25) is 5.02 Å². The van der Waals surface area contributed by atoms with Crippen LogP contribution in [0.15, 0.2) is 24.3 Å². The van der Waals surface area contributed by atoms with Crippen molar-refractivity contribution in [1.82, 2.24) is 4.90 Å². The molecular weight excluding hydrogens is 266 g/mol. The Morgan fingerprint density at radius 2 is 2.32 bits per heavy atom. The second-order valence-electron chi connectivity index (χ2n) is 4.84. The van der Waals surface area contributed by atoms with Crippen LogP contribution in [-0.4, -0.2) is 54.1 Å². The van der Waals surface area contributed by atoms with Gasteiger partial charge < -0.3 is 14.9 Å². The van der Waals surface area contributed by atoms with Gasteiger partial charge in [0.25, 0.3) is 0 Å². The van der Waals surface area contributed by atoms with Gasteiger partial charge in [0.2, 0.25) is 0 Å². The quantitative estimate of drug-likeness (QED) is 0.860. The first-order valence-corrected chi connectivity index (χ1v) is 6.95. The van der Waals surface area contributed by atoms with Gasteiger partial charge in [-0.05, 0) is 24.1 Å². The Bertz CT molecular complexity index is 402. The van der Waals surface area contributed by atoms with Gasteiger partial charge in [-0.15, -0.1) is 0 Å². The zero-order valence-electron chi connectivity index (χ0n) is 10.8. The molecule has 1 fully saturated rings. The number of aliphatic hydroxyl groups is 2. The van der Waals surface area contributed by atoms with E-state index in [2.05, 4.69) is 4.90 Å². The third-order valence-electron chi connectivity index (χ3n) is 3.38. The number of hydrogen-bond donors (Lipinski definition) is 2. The summed E-state index contributed by atoms with van der Waals surface area (Å²) in [5.41, 5.74) is 0.847. The van der Waals surface area contributed by atoms with Crippen LogP contribution in [0, 0.1) is 0 Å². The Morgan fingerprint density at radius 3 is 3.05 bits per heavy atom. The molecule has 4 nitrogen and oxygen atoms in total. The number of aliphatic hydroxyl groups excluding tert-OH is 2. The van der Waals surface area contributed by atoms with Crippen LogP contribution in [0.25, 0.3) is 0 Å². The van der Waals surface area contributed by atoms with E-state index >= 15 is 0 Å². The van der Waals surface area contributed by atoms with E-state index in [1.165, 1.54) is 0 Å². The molecule has 106 valence electrons. The van der Waals surface area contributed by atoms with E-state index < -0.39 is 6.10 Å². The molecule has 5 heteroatoms. The lowest BCUT2D eigenvalue weighted by Gasteiger charge is -2.32. The van der Waals surface area contributed by atoms with Gasteiger partial charge in [0.05, 0.1) is 25.4 Å². The van der Waals surface area contributed by atoms with Crippen molar-refractivity contribution in [3.05, 3.63) is 34.9 Å². The standard InChI is InChI=1S/C14H20ClNO3/c15-12-3-1-2-11(8-12)14(18)4-5-16-6-7-19-13(9-16)10-17/h1-3,8,13-14,17-18H,4-7,9-10H2. The summed E-state index contributed by atoms with van der Waals surface area (Å²) in [5.74, 6) is 0. The first-order chi connectivity index (χ1) is 9.19. The molecule has 1 aromatic carbocycles. The number of morpholine rings is 1. The van der Waals surface area contributed by atoms with Crippen LogP contribution in [0.4, 0.5) is 0 Å². The van der Waals surface area contributed by atoms with Crippen LogP contribution in [-0.2, 0) is 4.74 Å². The summed E-state index contributed by atoms with van der Waals surface area (Å²) < 4.78 is 5.39. The molecule has 0 bridgehead atoms.